The van der Waals surface area contributed by atoms with Gasteiger partial charge in [-0.3, -0.25) is 9.48 Å². The maximum atomic E-state index is 11.5. The summed E-state index contributed by atoms with van der Waals surface area (Å²) in [7, 11) is 1.81. The third-order valence-electron chi connectivity index (χ3n) is 2.23. The summed E-state index contributed by atoms with van der Waals surface area (Å²) in [5, 5.41) is 6.98. The molecule has 3 N–H and O–H groups in total. The average Bonchev–Trinajstić information content (AvgIpc) is 2.55. The van der Waals surface area contributed by atoms with Crippen molar-refractivity contribution in [1.82, 2.24) is 15.1 Å². The molecule has 0 fully saturated rings. The first-order valence-electron chi connectivity index (χ1n) is 5.39. The highest BCUT2D eigenvalue weighted by atomic mass is 16.2. The van der Waals surface area contributed by atoms with E-state index in [0.29, 0.717) is 24.6 Å². The van der Waals surface area contributed by atoms with Crippen molar-refractivity contribution in [3.63, 3.8) is 0 Å². The van der Waals surface area contributed by atoms with Crippen LogP contribution in [0.2, 0.25) is 0 Å². The predicted molar refractivity (Wildman–Crippen MR) is 64.2 cm³/mol. The number of likely N-dealkylation sites (N-methyl/N-ethyl adjacent to an activating group) is 2. The molecule has 0 bridgehead atoms. The molecule has 1 rings (SSSR count). The van der Waals surface area contributed by atoms with Gasteiger partial charge in [-0.25, -0.2) is 0 Å². The lowest BCUT2D eigenvalue weighted by Crippen LogP contribution is -2.37. The van der Waals surface area contributed by atoms with Gasteiger partial charge in [0.2, 0.25) is 5.91 Å². The van der Waals surface area contributed by atoms with Crippen LogP contribution in [0.25, 0.3) is 0 Å². The van der Waals surface area contributed by atoms with Crippen molar-refractivity contribution in [2.24, 2.45) is 7.05 Å². The number of nitrogen functional groups attached to an aromatic ring is 1. The van der Waals surface area contributed by atoms with Gasteiger partial charge in [0.1, 0.15) is 0 Å². The Labute approximate surface area is 95.4 Å². The number of amides is 1. The van der Waals surface area contributed by atoms with Crippen LogP contribution in [-0.2, 0) is 11.8 Å². The van der Waals surface area contributed by atoms with Crippen molar-refractivity contribution >= 4 is 17.4 Å². The molecule has 0 aliphatic rings. The molecule has 0 aliphatic heterocycles. The Balaban J connectivity index is 2.74. The van der Waals surface area contributed by atoms with Gasteiger partial charge in [0, 0.05) is 26.3 Å². The number of carbonyl (C=O) groups is 1. The van der Waals surface area contributed by atoms with Crippen molar-refractivity contribution in [1.29, 1.82) is 0 Å². The van der Waals surface area contributed by atoms with Crippen molar-refractivity contribution in [2.45, 2.75) is 13.8 Å². The van der Waals surface area contributed by atoms with E-state index in [1.54, 1.807) is 17.9 Å². The first-order valence-corrected chi connectivity index (χ1v) is 5.39. The van der Waals surface area contributed by atoms with Crippen molar-refractivity contribution in [3.8, 4) is 0 Å². The summed E-state index contributed by atoms with van der Waals surface area (Å²) in [5.41, 5.74) is 6.40. The van der Waals surface area contributed by atoms with Gasteiger partial charge in [0.25, 0.3) is 0 Å². The second kappa shape index (κ2) is 5.39. The second-order valence-electron chi connectivity index (χ2n) is 3.55. The smallest absolute Gasteiger partial charge is 0.239 e. The van der Waals surface area contributed by atoms with Crippen LogP contribution in [0.4, 0.5) is 11.5 Å². The number of hydrogen-bond donors (Lipinski definition) is 2. The van der Waals surface area contributed by atoms with Gasteiger partial charge < -0.3 is 16.0 Å². The van der Waals surface area contributed by atoms with Gasteiger partial charge in [0.05, 0.1) is 12.2 Å². The molecule has 0 atom stereocenters. The molecule has 1 amide bonds. The van der Waals surface area contributed by atoms with Gasteiger partial charge in [-0.2, -0.15) is 5.10 Å². The number of nitrogens with one attached hydrogen (secondary N) is 1. The summed E-state index contributed by atoms with van der Waals surface area (Å²) in [6, 6.07) is 0. The molecule has 1 heterocycles. The first-order chi connectivity index (χ1) is 7.58. The van der Waals surface area contributed by atoms with Gasteiger partial charge >= 0.3 is 0 Å². The molecule has 0 aromatic carbocycles. The standard InChI is InChI=1S/C10H19N5O/c1-4-12-9(16)7-15(5-2)10-8(11)6-14(3)13-10/h6H,4-5,7,11H2,1-3H3,(H,12,16). The normalized spacial score (nSPS) is 10.2. The Kier molecular flexibility index (Phi) is 4.16. The number of hydrogen-bond acceptors (Lipinski definition) is 4. The van der Waals surface area contributed by atoms with Crippen molar-refractivity contribution < 1.29 is 4.79 Å². The summed E-state index contributed by atoms with van der Waals surface area (Å²) in [6.07, 6.45) is 1.73. The molecule has 0 saturated carbocycles. The lowest BCUT2D eigenvalue weighted by Gasteiger charge is -2.20. The molecule has 6 nitrogen and oxygen atoms in total. The predicted octanol–water partition coefficient (Wildman–Crippen LogP) is -0.0353. The lowest BCUT2D eigenvalue weighted by molar-refractivity contribution is -0.119. The molecule has 90 valence electrons. The fourth-order valence-electron chi connectivity index (χ4n) is 1.50. The molecule has 6 heteroatoms. The zero-order chi connectivity index (χ0) is 12.1. The van der Waals surface area contributed by atoms with Crippen molar-refractivity contribution in [3.05, 3.63) is 6.20 Å². The number of rotatable bonds is 5. The van der Waals surface area contributed by atoms with Gasteiger partial charge in [-0.1, -0.05) is 0 Å². The molecule has 0 aliphatic carbocycles. The molecule has 0 unspecified atom stereocenters. The summed E-state index contributed by atoms with van der Waals surface area (Å²) in [6.45, 7) is 5.47. The Hall–Kier alpha value is -1.72. The number of nitrogens with zero attached hydrogens (tertiary/aromatic N) is 3. The number of aromatic nitrogens is 2. The van der Waals surface area contributed by atoms with Crippen LogP contribution in [0.5, 0.6) is 0 Å². The molecule has 0 radical (unpaired) electrons. The molecular formula is C10H19N5O. The number of aryl methyl sites for hydroxylation is 1. The Morgan fingerprint density at radius 1 is 1.62 bits per heavy atom. The van der Waals surface area contributed by atoms with E-state index in [4.69, 9.17) is 5.73 Å². The van der Waals surface area contributed by atoms with E-state index in [0.717, 1.165) is 0 Å². The highest BCUT2D eigenvalue weighted by molar-refractivity contribution is 5.82. The number of nitrogens with two attached hydrogens (primary N) is 1. The second-order valence-corrected chi connectivity index (χ2v) is 3.55. The highest BCUT2D eigenvalue weighted by Gasteiger charge is 2.14. The minimum Gasteiger partial charge on any atom is -0.394 e. The molecule has 16 heavy (non-hydrogen) atoms. The SMILES string of the molecule is CCNC(=O)CN(CC)c1nn(C)cc1N. The van der Waals surface area contributed by atoms with Crippen LogP contribution in [0, 0.1) is 0 Å². The Bertz CT molecular complexity index is 360. The van der Waals surface area contributed by atoms with Crippen LogP contribution in [0.1, 0.15) is 13.8 Å². The number of carbonyl (C=O) groups excluding carboxylic acids is 1. The topological polar surface area (TPSA) is 76.2 Å². The molecular weight excluding hydrogens is 206 g/mol. The molecule has 0 saturated heterocycles. The molecule has 1 aromatic rings. The summed E-state index contributed by atoms with van der Waals surface area (Å²) >= 11 is 0. The summed E-state index contributed by atoms with van der Waals surface area (Å²) in [5.74, 6) is 0.644. The zero-order valence-corrected chi connectivity index (χ0v) is 10.0. The van der Waals surface area contributed by atoms with Crippen LogP contribution >= 0.6 is 0 Å². The van der Waals surface area contributed by atoms with E-state index < -0.39 is 0 Å². The maximum Gasteiger partial charge on any atom is 0.239 e. The van der Waals surface area contributed by atoms with Gasteiger partial charge in [0.15, 0.2) is 5.82 Å². The van der Waals surface area contributed by atoms with Gasteiger partial charge in [-0.05, 0) is 13.8 Å². The number of anilines is 2. The van der Waals surface area contributed by atoms with Crippen molar-refractivity contribution in [2.75, 3.05) is 30.3 Å². The van der Waals surface area contributed by atoms with E-state index >= 15 is 0 Å². The fourth-order valence-corrected chi connectivity index (χ4v) is 1.50. The fraction of sp³-hybridized carbons (Fsp3) is 0.600. The summed E-state index contributed by atoms with van der Waals surface area (Å²) in [4.78, 5) is 13.3. The van der Waals surface area contributed by atoms with E-state index in [1.165, 1.54) is 0 Å². The third-order valence-corrected chi connectivity index (χ3v) is 2.23. The van der Waals surface area contributed by atoms with E-state index in [2.05, 4.69) is 10.4 Å². The quantitative estimate of drug-likeness (QED) is 0.737. The largest absolute Gasteiger partial charge is 0.394 e. The monoisotopic (exact) mass is 225 g/mol. The van der Waals surface area contributed by atoms with E-state index in [-0.39, 0.29) is 12.5 Å². The Morgan fingerprint density at radius 3 is 2.75 bits per heavy atom. The van der Waals surface area contributed by atoms with Gasteiger partial charge in [-0.15, -0.1) is 0 Å². The zero-order valence-electron chi connectivity index (χ0n) is 10.0. The van der Waals surface area contributed by atoms with Crippen LogP contribution in [0.3, 0.4) is 0 Å². The van der Waals surface area contributed by atoms with E-state index in [9.17, 15) is 4.79 Å². The lowest BCUT2D eigenvalue weighted by atomic mass is 10.4. The Morgan fingerprint density at radius 2 is 2.31 bits per heavy atom. The van der Waals surface area contributed by atoms with E-state index in [1.807, 2.05) is 18.7 Å². The third kappa shape index (κ3) is 2.88. The van der Waals surface area contributed by atoms with Crippen LogP contribution < -0.4 is 16.0 Å². The highest BCUT2D eigenvalue weighted by Crippen LogP contribution is 2.19. The van der Waals surface area contributed by atoms with Crippen LogP contribution in [0.15, 0.2) is 6.20 Å². The molecule has 0 spiro atoms. The average molecular weight is 225 g/mol. The minimum absolute atomic E-state index is 0.0191. The summed E-state index contributed by atoms with van der Waals surface area (Å²) < 4.78 is 1.64. The maximum absolute atomic E-state index is 11.5. The van der Waals surface area contributed by atoms with Crippen LogP contribution in [-0.4, -0.2) is 35.3 Å². The first kappa shape index (κ1) is 12.4. The molecule has 1 aromatic heterocycles. The minimum atomic E-state index is -0.0191.